The Bertz CT molecular complexity index is 438. The predicted molar refractivity (Wildman–Crippen MR) is 76.5 cm³/mol. The molecule has 0 spiro atoms. The largest absolute Gasteiger partial charge is 0.480 e. The van der Waals surface area contributed by atoms with Crippen molar-refractivity contribution in [3.05, 3.63) is 0 Å². The number of hydrogen-bond acceptors (Lipinski definition) is 3. The molecule has 0 bridgehead atoms. The van der Waals surface area contributed by atoms with Crippen LogP contribution >= 0.6 is 0 Å². The van der Waals surface area contributed by atoms with Crippen LogP contribution in [0.5, 0.6) is 0 Å². The van der Waals surface area contributed by atoms with E-state index in [9.17, 15) is 14.4 Å². The molecule has 0 saturated carbocycles. The van der Waals surface area contributed by atoms with Gasteiger partial charge < -0.3 is 20.2 Å². The normalized spacial score (nSPS) is 15.7. The van der Waals surface area contributed by atoms with E-state index in [0.717, 1.165) is 24.2 Å². The van der Waals surface area contributed by atoms with Crippen LogP contribution in [0.1, 0.15) is 26.2 Å². The molecular weight excluding hydrogens is 274 g/mol. The number of nitrogens with one attached hydrogen (secondary N) is 1. The van der Waals surface area contributed by atoms with E-state index in [-0.39, 0.29) is 12.5 Å². The number of nitrogens with zero attached hydrogens (tertiary/aromatic N) is 2. The molecule has 0 aromatic heterocycles. The van der Waals surface area contributed by atoms with Gasteiger partial charge in [0.05, 0.1) is 6.54 Å². The molecule has 0 aromatic carbocycles. The second-order valence-electron chi connectivity index (χ2n) is 5.01. The number of likely N-dealkylation sites (tertiary alicyclic amines) is 1. The minimum atomic E-state index is -1.16. The monoisotopic (exact) mass is 295 g/mol. The zero-order chi connectivity index (χ0) is 15.8. The Morgan fingerprint density at radius 1 is 1.33 bits per heavy atom. The summed E-state index contributed by atoms with van der Waals surface area (Å²) in [7, 11) is 0. The van der Waals surface area contributed by atoms with Crippen molar-refractivity contribution >= 4 is 17.9 Å². The number of carboxylic acid groups (broad SMARTS) is 1. The number of hydrogen-bond donors (Lipinski definition) is 2. The second kappa shape index (κ2) is 8.15. The van der Waals surface area contributed by atoms with Crippen LogP contribution in [0.2, 0.25) is 0 Å². The number of amides is 3. The van der Waals surface area contributed by atoms with Crippen molar-refractivity contribution in [2.75, 3.05) is 26.2 Å². The molecule has 1 rings (SSSR count). The first-order valence-electron chi connectivity index (χ1n) is 6.95. The number of urea groups is 1. The van der Waals surface area contributed by atoms with Crippen molar-refractivity contribution in [2.45, 2.75) is 32.2 Å². The number of terminal acetylenes is 1. The summed E-state index contributed by atoms with van der Waals surface area (Å²) in [4.78, 5) is 37.5. The fourth-order valence-corrected chi connectivity index (χ4v) is 2.20. The minimum Gasteiger partial charge on any atom is -0.480 e. The standard InChI is InChI=1S/C14H21N3O4/c1-3-7-17(10-12(18)19)14(21)15-11(2)13(20)16-8-5-4-6-9-16/h1,11H,4-10H2,2H3,(H,15,21)(H,18,19). The molecule has 116 valence electrons. The molecule has 1 unspecified atom stereocenters. The number of aliphatic carboxylic acids is 1. The van der Waals surface area contributed by atoms with Crippen LogP contribution in [0.15, 0.2) is 0 Å². The highest BCUT2D eigenvalue weighted by atomic mass is 16.4. The zero-order valence-electron chi connectivity index (χ0n) is 12.2. The third-order valence-corrected chi connectivity index (χ3v) is 3.27. The first-order chi connectivity index (χ1) is 9.95. The maximum absolute atomic E-state index is 12.2. The lowest BCUT2D eigenvalue weighted by atomic mass is 10.1. The SMILES string of the molecule is C#CCN(CC(=O)O)C(=O)NC(C)C(=O)N1CCCCC1. The van der Waals surface area contributed by atoms with E-state index in [1.807, 2.05) is 0 Å². The van der Waals surface area contributed by atoms with Gasteiger partial charge in [-0.1, -0.05) is 5.92 Å². The quantitative estimate of drug-likeness (QED) is 0.705. The average Bonchev–Trinajstić information content (AvgIpc) is 2.46. The van der Waals surface area contributed by atoms with Gasteiger partial charge in [0.2, 0.25) is 5.91 Å². The first kappa shape index (κ1) is 16.8. The van der Waals surface area contributed by atoms with Crippen molar-refractivity contribution in [3.8, 4) is 12.3 Å². The topological polar surface area (TPSA) is 90.0 Å². The smallest absolute Gasteiger partial charge is 0.323 e. The van der Waals surface area contributed by atoms with Crippen molar-refractivity contribution in [3.63, 3.8) is 0 Å². The Balaban J connectivity index is 2.56. The third-order valence-electron chi connectivity index (χ3n) is 3.27. The summed E-state index contributed by atoms with van der Waals surface area (Å²) in [5.41, 5.74) is 0. The molecule has 1 aliphatic heterocycles. The van der Waals surface area contributed by atoms with Gasteiger partial charge in [0, 0.05) is 13.1 Å². The van der Waals surface area contributed by atoms with Crippen LogP contribution in [-0.4, -0.2) is 65.0 Å². The summed E-state index contributed by atoms with van der Waals surface area (Å²) >= 11 is 0. The van der Waals surface area contributed by atoms with Gasteiger partial charge in [0.15, 0.2) is 0 Å². The molecule has 1 saturated heterocycles. The number of carboxylic acids is 1. The van der Waals surface area contributed by atoms with Crippen LogP contribution in [0.25, 0.3) is 0 Å². The molecule has 1 atom stereocenters. The Morgan fingerprint density at radius 2 is 1.95 bits per heavy atom. The fourth-order valence-electron chi connectivity index (χ4n) is 2.20. The second-order valence-corrected chi connectivity index (χ2v) is 5.01. The lowest BCUT2D eigenvalue weighted by molar-refractivity contribution is -0.137. The van der Waals surface area contributed by atoms with E-state index in [4.69, 9.17) is 11.5 Å². The van der Waals surface area contributed by atoms with Crippen LogP contribution in [0.3, 0.4) is 0 Å². The summed E-state index contributed by atoms with van der Waals surface area (Å²) in [5.74, 6) is 0.916. The van der Waals surface area contributed by atoms with E-state index < -0.39 is 24.6 Å². The number of piperidine rings is 1. The molecule has 1 heterocycles. The van der Waals surface area contributed by atoms with Gasteiger partial charge in [-0.05, 0) is 26.2 Å². The Morgan fingerprint density at radius 3 is 2.48 bits per heavy atom. The number of carbonyl (C=O) groups is 3. The van der Waals surface area contributed by atoms with Crippen LogP contribution in [-0.2, 0) is 9.59 Å². The van der Waals surface area contributed by atoms with E-state index in [2.05, 4.69) is 11.2 Å². The molecule has 3 amide bonds. The van der Waals surface area contributed by atoms with E-state index in [1.54, 1.807) is 11.8 Å². The van der Waals surface area contributed by atoms with Gasteiger partial charge >= 0.3 is 12.0 Å². The predicted octanol–water partition coefficient (Wildman–Crippen LogP) is 0.117. The van der Waals surface area contributed by atoms with E-state index in [0.29, 0.717) is 13.1 Å². The van der Waals surface area contributed by atoms with Crippen LogP contribution in [0, 0.1) is 12.3 Å². The van der Waals surface area contributed by atoms with Gasteiger partial charge in [0.25, 0.3) is 0 Å². The van der Waals surface area contributed by atoms with Crippen LogP contribution in [0.4, 0.5) is 4.79 Å². The lowest BCUT2D eigenvalue weighted by Crippen LogP contribution is -2.52. The van der Waals surface area contributed by atoms with Crippen molar-refractivity contribution in [1.82, 2.24) is 15.1 Å². The Labute approximate surface area is 124 Å². The summed E-state index contributed by atoms with van der Waals surface area (Å²) in [5, 5.41) is 11.2. The molecular formula is C14H21N3O4. The van der Waals surface area contributed by atoms with Gasteiger partial charge in [-0.25, -0.2) is 4.79 Å². The van der Waals surface area contributed by atoms with E-state index in [1.165, 1.54) is 0 Å². The van der Waals surface area contributed by atoms with E-state index >= 15 is 0 Å². The molecule has 0 aliphatic carbocycles. The van der Waals surface area contributed by atoms with Crippen molar-refractivity contribution in [2.24, 2.45) is 0 Å². The average molecular weight is 295 g/mol. The summed E-state index contributed by atoms with van der Waals surface area (Å²) in [6.07, 6.45) is 8.15. The fraction of sp³-hybridized carbons (Fsp3) is 0.643. The lowest BCUT2D eigenvalue weighted by Gasteiger charge is -2.30. The highest BCUT2D eigenvalue weighted by Gasteiger charge is 2.25. The molecule has 1 fully saturated rings. The van der Waals surface area contributed by atoms with Crippen LogP contribution < -0.4 is 5.32 Å². The highest BCUT2D eigenvalue weighted by molar-refractivity contribution is 5.88. The molecule has 21 heavy (non-hydrogen) atoms. The zero-order valence-corrected chi connectivity index (χ0v) is 12.2. The highest BCUT2D eigenvalue weighted by Crippen LogP contribution is 2.10. The maximum Gasteiger partial charge on any atom is 0.323 e. The van der Waals surface area contributed by atoms with Crippen molar-refractivity contribution < 1.29 is 19.5 Å². The molecule has 0 aromatic rings. The van der Waals surface area contributed by atoms with Gasteiger partial charge in [-0.3, -0.25) is 9.59 Å². The molecule has 7 heteroatoms. The molecule has 0 radical (unpaired) electrons. The Kier molecular flexibility index (Phi) is 6.53. The maximum atomic E-state index is 12.2. The minimum absolute atomic E-state index is 0.122. The summed E-state index contributed by atoms with van der Waals surface area (Å²) < 4.78 is 0. The Hall–Kier alpha value is -2.23. The third kappa shape index (κ3) is 5.34. The summed E-state index contributed by atoms with van der Waals surface area (Å²) in [6, 6.07) is -1.35. The number of rotatable bonds is 5. The molecule has 2 N–H and O–H groups in total. The van der Waals surface area contributed by atoms with Gasteiger partial charge in [-0.2, -0.15) is 0 Å². The van der Waals surface area contributed by atoms with Gasteiger partial charge in [-0.15, -0.1) is 6.42 Å². The van der Waals surface area contributed by atoms with Gasteiger partial charge in [0.1, 0.15) is 12.6 Å². The van der Waals surface area contributed by atoms with Crippen molar-refractivity contribution in [1.29, 1.82) is 0 Å². The summed E-state index contributed by atoms with van der Waals surface area (Å²) in [6.45, 7) is 2.36. The first-order valence-corrected chi connectivity index (χ1v) is 6.95. The molecule has 7 nitrogen and oxygen atoms in total. The molecule has 1 aliphatic rings. The number of carbonyl (C=O) groups excluding carboxylic acids is 2.